The molecule has 0 aliphatic rings. The molecule has 2 rings (SSSR count). The second-order valence-electron chi connectivity index (χ2n) is 5.12. The Morgan fingerprint density at radius 2 is 2.12 bits per heavy atom. The largest absolute Gasteiger partial charge is 0.385 e. The molecule has 0 radical (unpaired) electrons. The first kappa shape index (κ1) is 17.9. The van der Waals surface area contributed by atoms with Gasteiger partial charge >= 0.3 is 5.69 Å². The predicted molar refractivity (Wildman–Crippen MR) is 88.2 cm³/mol. The van der Waals surface area contributed by atoms with Crippen LogP contribution in [0.1, 0.15) is 6.42 Å². The third-order valence-corrected chi connectivity index (χ3v) is 4.35. The first-order valence-electron chi connectivity index (χ1n) is 7.10. The van der Waals surface area contributed by atoms with Crippen LogP contribution < -0.4 is 5.32 Å². The van der Waals surface area contributed by atoms with Crippen LogP contribution in [0.3, 0.4) is 0 Å². The van der Waals surface area contributed by atoms with Gasteiger partial charge in [0.25, 0.3) is 0 Å². The fourth-order valence-electron chi connectivity index (χ4n) is 2.17. The standard InChI is InChI=1S/C14H18N4O5S/c1-23-10-4-8-17-9-7-13(16-17)15-11-5-3-6-12(24(2,21)22)14(11)18(19)20/h3,5-7,9H,4,8,10H2,1-2H3,(H,15,16). The lowest BCUT2D eigenvalue weighted by Crippen LogP contribution is -2.06. The van der Waals surface area contributed by atoms with Gasteiger partial charge in [0.15, 0.2) is 15.7 Å². The van der Waals surface area contributed by atoms with E-state index in [2.05, 4.69) is 10.4 Å². The van der Waals surface area contributed by atoms with Crippen molar-refractivity contribution in [3.05, 3.63) is 40.6 Å². The van der Waals surface area contributed by atoms with Crippen LogP contribution in [0.4, 0.5) is 17.2 Å². The molecule has 0 aliphatic carbocycles. The number of nitrogens with one attached hydrogen (secondary N) is 1. The molecule has 10 heteroatoms. The number of hydrogen-bond acceptors (Lipinski definition) is 7. The van der Waals surface area contributed by atoms with E-state index in [4.69, 9.17) is 4.74 Å². The molecule has 0 amide bonds. The molecule has 130 valence electrons. The zero-order valence-corrected chi connectivity index (χ0v) is 14.1. The minimum Gasteiger partial charge on any atom is -0.385 e. The van der Waals surface area contributed by atoms with Gasteiger partial charge in [-0.25, -0.2) is 8.42 Å². The molecule has 1 N–H and O–H groups in total. The fourth-order valence-corrected chi connectivity index (χ4v) is 3.03. The zero-order valence-electron chi connectivity index (χ0n) is 13.3. The molecule has 0 saturated carbocycles. The summed E-state index contributed by atoms with van der Waals surface area (Å²) in [5.41, 5.74) is -0.418. The van der Waals surface area contributed by atoms with Crippen LogP contribution in [0.5, 0.6) is 0 Å². The van der Waals surface area contributed by atoms with Crippen molar-refractivity contribution in [2.24, 2.45) is 0 Å². The van der Waals surface area contributed by atoms with E-state index in [-0.39, 0.29) is 10.6 Å². The summed E-state index contributed by atoms with van der Waals surface area (Å²) in [6.07, 6.45) is 3.44. The van der Waals surface area contributed by atoms with E-state index >= 15 is 0 Å². The predicted octanol–water partition coefficient (Wildman–Crippen LogP) is 1.97. The fraction of sp³-hybridized carbons (Fsp3) is 0.357. The molecule has 0 unspecified atom stereocenters. The molecule has 1 aromatic heterocycles. The number of methoxy groups -OCH3 is 1. The maximum absolute atomic E-state index is 11.7. The summed E-state index contributed by atoms with van der Waals surface area (Å²) in [5.74, 6) is 0.390. The second-order valence-corrected chi connectivity index (χ2v) is 7.10. The van der Waals surface area contributed by atoms with Crippen LogP contribution in [0.2, 0.25) is 0 Å². The number of anilines is 2. The molecule has 24 heavy (non-hydrogen) atoms. The van der Waals surface area contributed by atoms with E-state index in [0.717, 1.165) is 12.7 Å². The average molecular weight is 354 g/mol. The Balaban J connectivity index is 2.29. The van der Waals surface area contributed by atoms with Crippen LogP contribution in [0.15, 0.2) is 35.4 Å². The van der Waals surface area contributed by atoms with Gasteiger partial charge in [-0.15, -0.1) is 0 Å². The van der Waals surface area contributed by atoms with Gasteiger partial charge < -0.3 is 10.1 Å². The molecule has 0 atom stereocenters. The maximum atomic E-state index is 11.7. The summed E-state index contributed by atoms with van der Waals surface area (Å²) < 4.78 is 30.1. The third-order valence-electron chi connectivity index (χ3n) is 3.22. The lowest BCUT2D eigenvalue weighted by atomic mass is 10.2. The lowest BCUT2D eigenvalue weighted by Gasteiger charge is -2.07. The van der Waals surface area contributed by atoms with E-state index in [1.807, 2.05) is 0 Å². The van der Waals surface area contributed by atoms with Crippen molar-refractivity contribution < 1.29 is 18.1 Å². The van der Waals surface area contributed by atoms with Crippen LogP contribution in [-0.2, 0) is 21.1 Å². The highest BCUT2D eigenvalue weighted by molar-refractivity contribution is 7.90. The first-order valence-corrected chi connectivity index (χ1v) is 8.99. The Morgan fingerprint density at radius 1 is 1.38 bits per heavy atom. The summed E-state index contributed by atoms with van der Waals surface area (Å²) in [6, 6.07) is 5.75. The van der Waals surface area contributed by atoms with Gasteiger partial charge in [-0.1, -0.05) is 6.07 Å². The van der Waals surface area contributed by atoms with Crippen molar-refractivity contribution in [1.29, 1.82) is 0 Å². The van der Waals surface area contributed by atoms with Crippen LogP contribution in [-0.4, -0.2) is 43.1 Å². The number of nitro benzene ring substituents is 1. The van der Waals surface area contributed by atoms with Crippen LogP contribution in [0, 0.1) is 10.1 Å². The number of nitro groups is 1. The topological polar surface area (TPSA) is 116 Å². The van der Waals surface area contributed by atoms with Gasteiger partial charge in [-0.3, -0.25) is 14.8 Å². The second kappa shape index (κ2) is 7.41. The normalized spacial score (nSPS) is 11.4. The minimum atomic E-state index is -3.72. The Hall–Kier alpha value is -2.46. The summed E-state index contributed by atoms with van der Waals surface area (Å²) >= 11 is 0. The van der Waals surface area contributed by atoms with Crippen LogP contribution >= 0.6 is 0 Å². The molecule has 0 spiro atoms. The molecule has 9 nitrogen and oxygen atoms in total. The van der Waals surface area contributed by atoms with Crippen molar-refractivity contribution in [2.45, 2.75) is 17.9 Å². The highest BCUT2D eigenvalue weighted by Gasteiger charge is 2.26. The molecule has 0 fully saturated rings. The number of sulfone groups is 1. The number of aromatic nitrogens is 2. The molecule has 1 heterocycles. The Kier molecular flexibility index (Phi) is 5.52. The van der Waals surface area contributed by atoms with Crippen molar-refractivity contribution in [2.75, 3.05) is 25.3 Å². The maximum Gasteiger partial charge on any atom is 0.311 e. The number of aryl methyl sites for hydroxylation is 1. The summed E-state index contributed by atoms with van der Waals surface area (Å²) in [5, 5.41) is 18.4. The number of benzene rings is 1. The smallest absolute Gasteiger partial charge is 0.311 e. The molecular formula is C14H18N4O5S. The van der Waals surface area contributed by atoms with Crippen LogP contribution in [0.25, 0.3) is 0 Å². The monoisotopic (exact) mass is 354 g/mol. The van der Waals surface area contributed by atoms with Gasteiger partial charge in [0, 0.05) is 38.8 Å². The Bertz CT molecular complexity index is 831. The quantitative estimate of drug-likeness (QED) is 0.437. The number of nitrogens with zero attached hydrogens (tertiary/aromatic N) is 3. The number of para-hydroxylation sites is 1. The molecule has 0 saturated heterocycles. The summed E-state index contributed by atoms with van der Waals surface area (Å²) in [4.78, 5) is 10.3. The van der Waals surface area contributed by atoms with Gasteiger partial charge in [0.05, 0.1) is 4.92 Å². The minimum absolute atomic E-state index is 0.0741. The average Bonchev–Trinajstić information content (AvgIpc) is 2.93. The van der Waals surface area contributed by atoms with Gasteiger partial charge in [-0.2, -0.15) is 5.10 Å². The van der Waals surface area contributed by atoms with Crippen molar-refractivity contribution >= 4 is 27.0 Å². The SMILES string of the molecule is COCCCn1ccc(Nc2cccc(S(C)(=O)=O)c2[N+](=O)[O-])n1. The molecule has 1 aromatic carbocycles. The first-order chi connectivity index (χ1) is 11.3. The van der Waals surface area contributed by atoms with E-state index in [1.54, 1.807) is 24.1 Å². The third kappa shape index (κ3) is 4.30. The molecular weight excluding hydrogens is 336 g/mol. The van der Waals surface area contributed by atoms with E-state index in [1.165, 1.54) is 18.2 Å². The summed E-state index contributed by atoms with van der Waals surface area (Å²) in [6.45, 7) is 1.24. The number of ether oxygens (including phenoxy) is 1. The van der Waals surface area contributed by atoms with Gasteiger partial charge in [-0.05, 0) is 18.6 Å². The number of rotatable bonds is 8. The molecule has 0 aliphatic heterocycles. The van der Waals surface area contributed by atoms with E-state index in [0.29, 0.717) is 19.0 Å². The number of hydrogen-bond donors (Lipinski definition) is 1. The van der Waals surface area contributed by atoms with Gasteiger partial charge in [0.2, 0.25) is 0 Å². The Morgan fingerprint density at radius 3 is 2.75 bits per heavy atom. The molecule has 2 aromatic rings. The lowest BCUT2D eigenvalue weighted by molar-refractivity contribution is -0.386. The summed E-state index contributed by atoms with van der Waals surface area (Å²) in [7, 11) is -2.11. The molecule has 0 bridgehead atoms. The highest BCUT2D eigenvalue weighted by atomic mass is 32.2. The Labute approximate surface area is 139 Å². The zero-order chi connectivity index (χ0) is 17.7. The van der Waals surface area contributed by atoms with E-state index in [9.17, 15) is 18.5 Å². The van der Waals surface area contributed by atoms with Crippen molar-refractivity contribution in [3.8, 4) is 0 Å². The van der Waals surface area contributed by atoms with Crippen molar-refractivity contribution in [3.63, 3.8) is 0 Å². The van der Waals surface area contributed by atoms with E-state index < -0.39 is 20.4 Å². The van der Waals surface area contributed by atoms with Crippen molar-refractivity contribution in [1.82, 2.24) is 9.78 Å². The van der Waals surface area contributed by atoms with Gasteiger partial charge in [0.1, 0.15) is 10.6 Å². The highest BCUT2D eigenvalue weighted by Crippen LogP contribution is 2.33.